The third kappa shape index (κ3) is 2.72. The first kappa shape index (κ1) is 14.9. The van der Waals surface area contributed by atoms with Gasteiger partial charge in [0.25, 0.3) is 5.91 Å². The molecule has 1 amide bonds. The van der Waals surface area contributed by atoms with Gasteiger partial charge in [0.05, 0.1) is 17.4 Å². The van der Waals surface area contributed by atoms with Crippen LogP contribution in [-0.4, -0.2) is 16.0 Å². The molecule has 0 bridgehead atoms. The molecule has 25 heavy (non-hydrogen) atoms. The number of nitrogens with zero attached hydrogens (tertiary/aromatic N) is 1. The molecule has 0 radical (unpaired) electrons. The number of hydrogen-bond donors (Lipinski definition) is 3. The number of fused-ring (bicyclic) bond motifs is 3. The van der Waals surface area contributed by atoms with Crippen LogP contribution < -0.4 is 10.9 Å². The van der Waals surface area contributed by atoms with Crippen molar-refractivity contribution in [2.75, 3.05) is 5.43 Å². The van der Waals surface area contributed by atoms with Gasteiger partial charge in [-0.1, -0.05) is 18.2 Å². The molecule has 4 aromatic rings. The number of rotatable bonds is 3. The van der Waals surface area contributed by atoms with Crippen LogP contribution in [0.1, 0.15) is 10.4 Å². The number of phenolic OH excluding ortho intramolecular Hbond substituents is 1. The van der Waals surface area contributed by atoms with Crippen molar-refractivity contribution >= 4 is 33.5 Å². The maximum atomic E-state index is 12.8. The van der Waals surface area contributed by atoms with E-state index in [0.29, 0.717) is 16.9 Å². The fourth-order valence-electron chi connectivity index (χ4n) is 2.59. The van der Waals surface area contributed by atoms with Gasteiger partial charge in [-0.05, 0) is 30.3 Å². The second kappa shape index (κ2) is 5.79. The first-order valence-electron chi connectivity index (χ1n) is 7.44. The summed E-state index contributed by atoms with van der Waals surface area (Å²) in [5.74, 6) is -1.36. The topological polar surface area (TPSA) is 87.4 Å². The second-order valence-electron chi connectivity index (χ2n) is 5.41. The van der Waals surface area contributed by atoms with Crippen LogP contribution in [0, 0.1) is 5.95 Å². The Morgan fingerprint density at radius 3 is 2.72 bits per heavy atom. The zero-order chi connectivity index (χ0) is 17.4. The summed E-state index contributed by atoms with van der Waals surface area (Å²) < 4.78 is 18.5. The van der Waals surface area contributed by atoms with Crippen LogP contribution in [0.3, 0.4) is 0 Å². The minimum absolute atomic E-state index is 0.0501. The number of pyridine rings is 1. The highest BCUT2D eigenvalue weighted by atomic mass is 19.1. The van der Waals surface area contributed by atoms with E-state index in [1.807, 2.05) is 24.3 Å². The number of aromatic hydroxyl groups is 1. The smallest absolute Gasteiger partial charge is 0.273 e. The Morgan fingerprint density at radius 1 is 1.08 bits per heavy atom. The standard InChI is InChI=1S/C18H12FN3O3/c19-17-6-5-10(9-20-17)21-22-18(24)13-8-16-12(7-14(13)23)11-3-1-2-4-15(11)25-16/h1-9,21,23H,(H,22,24). The van der Waals surface area contributed by atoms with Gasteiger partial charge in [-0.2, -0.15) is 4.39 Å². The number of phenols is 1. The van der Waals surface area contributed by atoms with Crippen LogP contribution in [0.15, 0.2) is 59.1 Å². The van der Waals surface area contributed by atoms with Crippen molar-refractivity contribution in [1.82, 2.24) is 10.4 Å². The number of amides is 1. The molecular weight excluding hydrogens is 325 g/mol. The first-order valence-corrected chi connectivity index (χ1v) is 7.44. The molecule has 124 valence electrons. The second-order valence-corrected chi connectivity index (χ2v) is 5.41. The Hall–Kier alpha value is -3.61. The van der Waals surface area contributed by atoms with Crippen LogP contribution in [0.4, 0.5) is 10.1 Å². The highest BCUT2D eigenvalue weighted by Gasteiger charge is 2.16. The van der Waals surface area contributed by atoms with Gasteiger partial charge < -0.3 is 9.52 Å². The van der Waals surface area contributed by atoms with E-state index in [1.165, 1.54) is 24.4 Å². The molecule has 2 heterocycles. The molecule has 0 saturated heterocycles. The average Bonchev–Trinajstić information content (AvgIpc) is 2.98. The number of hydrazine groups is 1. The molecule has 4 rings (SSSR count). The van der Waals surface area contributed by atoms with E-state index < -0.39 is 11.9 Å². The number of carbonyl (C=O) groups is 1. The third-order valence-corrected chi connectivity index (χ3v) is 3.79. The number of anilines is 1. The third-order valence-electron chi connectivity index (χ3n) is 3.79. The molecule has 0 atom stereocenters. The van der Waals surface area contributed by atoms with Gasteiger partial charge in [0.1, 0.15) is 16.9 Å². The summed E-state index contributed by atoms with van der Waals surface area (Å²) in [7, 11) is 0. The Bertz CT molecular complexity index is 1090. The van der Waals surface area contributed by atoms with Crippen molar-refractivity contribution in [2.45, 2.75) is 0 Å². The predicted molar refractivity (Wildman–Crippen MR) is 90.7 cm³/mol. The van der Waals surface area contributed by atoms with Crippen molar-refractivity contribution in [3.63, 3.8) is 0 Å². The molecule has 2 aromatic heterocycles. The van der Waals surface area contributed by atoms with Gasteiger partial charge in [0.15, 0.2) is 0 Å². The Balaban J connectivity index is 1.63. The van der Waals surface area contributed by atoms with Crippen LogP contribution in [0.2, 0.25) is 0 Å². The average molecular weight is 337 g/mol. The lowest BCUT2D eigenvalue weighted by atomic mass is 10.1. The highest BCUT2D eigenvalue weighted by Crippen LogP contribution is 2.33. The number of hydrogen-bond acceptors (Lipinski definition) is 5. The zero-order valence-electron chi connectivity index (χ0n) is 12.8. The van der Waals surface area contributed by atoms with Gasteiger partial charge >= 0.3 is 0 Å². The summed E-state index contributed by atoms with van der Waals surface area (Å²) >= 11 is 0. The first-order chi connectivity index (χ1) is 12.1. The van der Waals surface area contributed by atoms with Crippen LogP contribution in [0.25, 0.3) is 21.9 Å². The quantitative estimate of drug-likeness (QED) is 0.393. The van der Waals surface area contributed by atoms with Gasteiger partial charge in [0, 0.05) is 10.8 Å². The Morgan fingerprint density at radius 2 is 1.92 bits per heavy atom. The molecule has 3 N–H and O–H groups in total. The molecule has 0 saturated carbocycles. The molecule has 6 nitrogen and oxygen atoms in total. The van der Waals surface area contributed by atoms with Crippen LogP contribution in [-0.2, 0) is 0 Å². The summed E-state index contributed by atoms with van der Waals surface area (Å²) in [5.41, 5.74) is 6.64. The van der Waals surface area contributed by atoms with Crippen molar-refractivity contribution in [3.8, 4) is 5.75 Å². The van der Waals surface area contributed by atoms with E-state index >= 15 is 0 Å². The molecule has 0 unspecified atom stereocenters. The molecule has 0 aliphatic rings. The summed E-state index contributed by atoms with van der Waals surface area (Å²) in [6.45, 7) is 0. The number of furan rings is 1. The normalized spacial score (nSPS) is 10.9. The highest BCUT2D eigenvalue weighted by molar-refractivity contribution is 6.09. The molecule has 0 aliphatic carbocycles. The summed E-state index contributed by atoms with van der Waals surface area (Å²) in [4.78, 5) is 15.8. The van der Waals surface area contributed by atoms with Gasteiger partial charge in [-0.25, -0.2) is 4.98 Å². The summed E-state index contributed by atoms with van der Waals surface area (Å²) in [6, 6.07) is 13.0. The van der Waals surface area contributed by atoms with Crippen molar-refractivity contribution in [3.05, 3.63) is 66.2 Å². The summed E-state index contributed by atoms with van der Waals surface area (Å²) in [5, 5.41) is 11.8. The van der Waals surface area contributed by atoms with Gasteiger partial charge in [-0.15, -0.1) is 0 Å². The SMILES string of the molecule is O=C(NNc1ccc(F)nc1)c1cc2oc3ccccc3c2cc1O. The monoisotopic (exact) mass is 337 g/mol. The Kier molecular flexibility index (Phi) is 3.46. The van der Waals surface area contributed by atoms with E-state index in [2.05, 4.69) is 15.8 Å². The Labute approximate surface area is 140 Å². The lowest BCUT2D eigenvalue weighted by molar-refractivity contribution is 0.0960. The molecule has 0 fully saturated rings. The van der Waals surface area contributed by atoms with Gasteiger partial charge in [-0.3, -0.25) is 15.6 Å². The number of aromatic nitrogens is 1. The van der Waals surface area contributed by atoms with Crippen LogP contribution in [0.5, 0.6) is 5.75 Å². The van der Waals surface area contributed by atoms with Crippen LogP contribution >= 0.6 is 0 Å². The number of nitrogens with one attached hydrogen (secondary N) is 2. The molecule has 0 aliphatic heterocycles. The molecule has 7 heteroatoms. The number of para-hydroxylation sites is 1. The molecular formula is C18H12FN3O3. The minimum atomic E-state index is -0.621. The minimum Gasteiger partial charge on any atom is -0.507 e. The number of benzene rings is 2. The fourth-order valence-corrected chi connectivity index (χ4v) is 2.59. The number of halogens is 1. The fraction of sp³-hybridized carbons (Fsp3) is 0. The number of carbonyl (C=O) groups excluding carboxylic acids is 1. The van der Waals surface area contributed by atoms with Crippen molar-refractivity contribution in [1.29, 1.82) is 0 Å². The zero-order valence-corrected chi connectivity index (χ0v) is 12.8. The lowest BCUT2D eigenvalue weighted by Crippen LogP contribution is -2.29. The molecule has 2 aromatic carbocycles. The van der Waals surface area contributed by atoms with Crippen molar-refractivity contribution in [2.24, 2.45) is 0 Å². The predicted octanol–water partition coefficient (Wildman–Crippen LogP) is 3.58. The molecule has 0 spiro atoms. The maximum Gasteiger partial charge on any atom is 0.273 e. The van der Waals surface area contributed by atoms with Crippen molar-refractivity contribution < 1.29 is 18.7 Å². The van der Waals surface area contributed by atoms with E-state index in [9.17, 15) is 14.3 Å². The van der Waals surface area contributed by atoms with E-state index in [4.69, 9.17) is 4.42 Å². The maximum absolute atomic E-state index is 12.8. The van der Waals surface area contributed by atoms with E-state index in [1.54, 1.807) is 0 Å². The lowest BCUT2D eigenvalue weighted by Gasteiger charge is -2.09. The largest absolute Gasteiger partial charge is 0.507 e. The summed E-state index contributed by atoms with van der Waals surface area (Å²) in [6.07, 6.45) is 1.23. The van der Waals surface area contributed by atoms with E-state index in [-0.39, 0.29) is 11.3 Å². The van der Waals surface area contributed by atoms with Gasteiger partial charge in [0.2, 0.25) is 5.95 Å². The van der Waals surface area contributed by atoms with E-state index in [0.717, 1.165) is 16.8 Å².